The minimum atomic E-state index is 0.545. The lowest BCUT2D eigenvalue weighted by molar-refractivity contribution is 0.337. The summed E-state index contributed by atoms with van der Waals surface area (Å²) in [6, 6.07) is 2.63. The molecule has 0 aromatic carbocycles. The van der Waals surface area contributed by atoms with Crippen LogP contribution in [0, 0.1) is 0 Å². The van der Waals surface area contributed by atoms with Gasteiger partial charge in [-0.05, 0) is 32.7 Å². The predicted octanol–water partition coefficient (Wildman–Crippen LogP) is 1.44. The zero-order valence-electron chi connectivity index (χ0n) is 10.9. The third-order valence-corrected chi connectivity index (χ3v) is 3.65. The van der Waals surface area contributed by atoms with Crippen molar-refractivity contribution in [3.63, 3.8) is 0 Å². The maximum absolute atomic E-state index is 5.81. The minimum absolute atomic E-state index is 0.545. The molecule has 1 aromatic heterocycles. The average molecular weight is 247 g/mol. The molecular weight excluding hydrogens is 226 g/mol. The summed E-state index contributed by atoms with van der Waals surface area (Å²) in [5.74, 6) is 2.90. The second kappa shape index (κ2) is 4.72. The molecule has 0 aliphatic heterocycles. The van der Waals surface area contributed by atoms with E-state index < -0.39 is 0 Å². The third kappa shape index (κ3) is 2.90. The monoisotopic (exact) mass is 247 g/mol. The van der Waals surface area contributed by atoms with Crippen LogP contribution in [0.1, 0.15) is 37.4 Å². The number of hydrogen-bond donors (Lipinski definition) is 2. The van der Waals surface area contributed by atoms with Gasteiger partial charge < -0.3 is 16.0 Å². The van der Waals surface area contributed by atoms with Crippen LogP contribution in [-0.4, -0.2) is 41.0 Å². The summed E-state index contributed by atoms with van der Waals surface area (Å²) in [4.78, 5) is 11.2. The second-order valence-corrected chi connectivity index (χ2v) is 5.45. The molecule has 98 valence electrons. The lowest BCUT2D eigenvalue weighted by Crippen LogP contribution is -2.27. The number of hydrogen-bond acceptors (Lipinski definition) is 5. The minimum Gasteiger partial charge on any atom is -0.384 e. The highest BCUT2D eigenvalue weighted by atomic mass is 15.2. The Kier molecular flexibility index (Phi) is 3.07. The molecule has 3 N–H and O–H groups in total. The molecule has 5 nitrogen and oxygen atoms in total. The van der Waals surface area contributed by atoms with Gasteiger partial charge in [0.15, 0.2) is 0 Å². The number of nitrogens with one attached hydrogen (secondary N) is 1. The zero-order chi connectivity index (χ0) is 12.5. The van der Waals surface area contributed by atoms with Gasteiger partial charge >= 0.3 is 0 Å². The fraction of sp³-hybridized carbons (Fsp3) is 0.692. The van der Waals surface area contributed by atoms with Crippen LogP contribution in [0.4, 0.5) is 11.6 Å². The van der Waals surface area contributed by atoms with Gasteiger partial charge in [0, 0.05) is 31.1 Å². The van der Waals surface area contributed by atoms with Gasteiger partial charge in [0.2, 0.25) is 0 Å². The summed E-state index contributed by atoms with van der Waals surface area (Å²) in [5.41, 5.74) is 5.81. The molecule has 2 aliphatic rings. The van der Waals surface area contributed by atoms with Crippen molar-refractivity contribution in [3.05, 3.63) is 11.9 Å². The first-order valence-corrected chi connectivity index (χ1v) is 6.81. The van der Waals surface area contributed by atoms with Crippen LogP contribution in [-0.2, 0) is 0 Å². The Hall–Kier alpha value is -1.36. The van der Waals surface area contributed by atoms with Crippen molar-refractivity contribution in [1.29, 1.82) is 0 Å². The molecule has 0 radical (unpaired) electrons. The number of rotatable bonds is 6. The molecular formula is C13H21N5. The van der Waals surface area contributed by atoms with Gasteiger partial charge in [0.25, 0.3) is 0 Å². The molecule has 3 rings (SSSR count). The Morgan fingerprint density at radius 2 is 2.11 bits per heavy atom. The number of nitrogen functional groups attached to an aromatic ring is 1. The molecule has 18 heavy (non-hydrogen) atoms. The van der Waals surface area contributed by atoms with Crippen LogP contribution in [0.25, 0.3) is 0 Å². The van der Waals surface area contributed by atoms with Gasteiger partial charge in [-0.25, -0.2) is 9.97 Å². The van der Waals surface area contributed by atoms with Gasteiger partial charge in [0.1, 0.15) is 17.5 Å². The molecule has 0 amide bonds. The van der Waals surface area contributed by atoms with Crippen molar-refractivity contribution in [3.8, 4) is 0 Å². The van der Waals surface area contributed by atoms with Gasteiger partial charge in [-0.1, -0.05) is 0 Å². The van der Waals surface area contributed by atoms with Crippen LogP contribution in [0.2, 0.25) is 0 Å². The maximum Gasteiger partial charge on any atom is 0.136 e. The molecule has 1 heterocycles. The maximum atomic E-state index is 5.81. The van der Waals surface area contributed by atoms with Crippen LogP contribution in [0.5, 0.6) is 0 Å². The normalized spacial score (nSPS) is 19.2. The van der Waals surface area contributed by atoms with Crippen LogP contribution in [0.15, 0.2) is 6.07 Å². The molecule has 0 spiro atoms. The molecule has 2 fully saturated rings. The fourth-order valence-electron chi connectivity index (χ4n) is 2.16. The first-order chi connectivity index (χ1) is 8.72. The number of nitrogens with two attached hydrogens (primary N) is 1. The van der Waals surface area contributed by atoms with E-state index in [1.807, 2.05) is 6.07 Å². The van der Waals surface area contributed by atoms with Crippen molar-refractivity contribution >= 4 is 11.6 Å². The van der Waals surface area contributed by atoms with E-state index in [0.29, 0.717) is 11.7 Å². The van der Waals surface area contributed by atoms with Crippen molar-refractivity contribution in [2.45, 2.75) is 37.6 Å². The number of likely N-dealkylation sites (N-methyl/N-ethyl adjacent to an activating group) is 1. The standard InChI is InChI=1S/C13H21N5/c1-18(10-4-5-10)7-6-15-12-8-11(14)16-13(17-12)9-2-3-9/h8-10H,2-7H2,1H3,(H3,14,15,16,17). The highest BCUT2D eigenvalue weighted by Crippen LogP contribution is 2.38. The van der Waals surface area contributed by atoms with Crippen LogP contribution < -0.4 is 11.1 Å². The average Bonchev–Trinajstić information content (AvgIpc) is 3.17. The first kappa shape index (κ1) is 11.7. The van der Waals surface area contributed by atoms with Gasteiger partial charge in [-0.15, -0.1) is 0 Å². The highest BCUT2D eigenvalue weighted by molar-refractivity contribution is 5.45. The smallest absolute Gasteiger partial charge is 0.136 e. The summed E-state index contributed by atoms with van der Waals surface area (Å²) in [6.07, 6.45) is 5.10. The predicted molar refractivity (Wildman–Crippen MR) is 72.6 cm³/mol. The zero-order valence-corrected chi connectivity index (χ0v) is 10.9. The molecule has 2 saturated carbocycles. The van der Waals surface area contributed by atoms with E-state index in [2.05, 4.69) is 27.2 Å². The molecule has 0 saturated heterocycles. The molecule has 0 atom stereocenters. The molecule has 2 aliphatic carbocycles. The topological polar surface area (TPSA) is 67.1 Å². The van der Waals surface area contributed by atoms with E-state index in [1.165, 1.54) is 25.7 Å². The SMILES string of the molecule is CN(CCNc1cc(N)nc(C2CC2)n1)C1CC1. The molecule has 0 unspecified atom stereocenters. The Balaban J connectivity index is 1.54. The highest BCUT2D eigenvalue weighted by Gasteiger charge is 2.27. The molecule has 1 aromatic rings. The summed E-state index contributed by atoms with van der Waals surface area (Å²) in [5, 5.41) is 3.35. The molecule has 5 heteroatoms. The van der Waals surface area contributed by atoms with Crippen molar-refractivity contribution in [2.24, 2.45) is 0 Å². The van der Waals surface area contributed by atoms with Gasteiger partial charge in [-0.2, -0.15) is 0 Å². The first-order valence-electron chi connectivity index (χ1n) is 6.81. The quantitative estimate of drug-likeness (QED) is 0.796. The van der Waals surface area contributed by atoms with E-state index in [1.54, 1.807) is 0 Å². The van der Waals surface area contributed by atoms with Crippen molar-refractivity contribution < 1.29 is 0 Å². The Morgan fingerprint density at radius 1 is 1.33 bits per heavy atom. The Bertz CT molecular complexity index is 425. The van der Waals surface area contributed by atoms with Crippen LogP contribution >= 0.6 is 0 Å². The number of anilines is 2. The van der Waals surface area contributed by atoms with Crippen molar-refractivity contribution in [1.82, 2.24) is 14.9 Å². The summed E-state index contributed by atoms with van der Waals surface area (Å²) < 4.78 is 0. The molecule has 0 bridgehead atoms. The summed E-state index contributed by atoms with van der Waals surface area (Å²) in [7, 11) is 2.18. The summed E-state index contributed by atoms with van der Waals surface area (Å²) in [6.45, 7) is 1.96. The fourth-order valence-corrected chi connectivity index (χ4v) is 2.16. The van der Waals surface area contributed by atoms with E-state index in [-0.39, 0.29) is 0 Å². The lowest BCUT2D eigenvalue weighted by atomic mass is 10.3. The van der Waals surface area contributed by atoms with E-state index in [9.17, 15) is 0 Å². The van der Waals surface area contributed by atoms with E-state index >= 15 is 0 Å². The van der Waals surface area contributed by atoms with Gasteiger partial charge in [-0.3, -0.25) is 0 Å². The number of aromatic nitrogens is 2. The van der Waals surface area contributed by atoms with Crippen molar-refractivity contribution in [2.75, 3.05) is 31.2 Å². The van der Waals surface area contributed by atoms with Crippen LogP contribution in [0.3, 0.4) is 0 Å². The lowest BCUT2D eigenvalue weighted by Gasteiger charge is -2.16. The third-order valence-electron chi connectivity index (χ3n) is 3.65. The largest absolute Gasteiger partial charge is 0.384 e. The summed E-state index contributed by atoms with van der Waals surface area (Å²) >= 11 is 0. The van der Waals surface area contributed by atoms with Gasteiger partial charge in [0.05, 0.1) is 0 Å². The van der Waals surface area contributed by atoms with E-state index in [4.69, 9.17) is 5.73 Å². The Labute approximate surface area is 108 Å². The number of nitrogens with zero attached hydrogens (tertiary/aromatic N) is 3. The second-order valence-electron chi connectivity index (χ2n) is 5.45. The Morgan fingerprint density at radius 3 is 2.78 bits per heavy atom. The van der Waals surface area contributed by atoms with E-state index in [0.717, 1.165) is 30.8 Å².